The van der Waals surface area contributed by atoms with E-state index in [1.54, 1.807) is 14.2 Å². The van der Waals surface area contributed by atoms with Crippen molar-refractivity contribution in [2.75, 3.05) is 40.5 Å². The third-order valence-corrected chi connectivity index (χ3v) is 7.31. The molecule has 3 atom stereocenters. The predicted molar refractivity (Wildman–Crippen MR) is 134 cm³/mol. The van der Waals surface area contributed by atoms with Gasteiger partial charge in [0.05, 0.1) is 39.2 Å². The number of carbonyl (C=O) groups is 2. The van der Waals surface area contributed by atoms with E-state index in [0.29, 0.717) is 43.4 Å². The van der Waals surface area contributed by atoms with E-state index in [2.05, 4.69) is 0 Å². The Labute approximate surface area is 211 Å². The smallest absolute Gasteiger partial charge is 0.302 e. The maximum Gasteiger partial charge on any atom is 0.302 e. The number of hydrogen-bond donors (Lipinski definition) is 0. The van der Waals surface area contributed by atoms with Gasteiger partial charge in [0.2, 0.25) is 0 Å². The summed E-state index contributed by atoms with van der Waals surface area (Å²) < 4.78 is 22.2. The van der Waals surface area contributed by atoms with Gasteiger partial charge in [-0.25, -0.2) is 0 Å². The summed E-state index contributed by atoms with van der Waals surface area (Å²) in [4.78, 5) is 31.5. The molecule has 2 aliphatic heterocycles. The number of aliphatic imine (C=N–C) groups is 1. The molecule has 0 bridgehead atoms. The van der Waals surface area contributed by atoms with Gasteiger partial charge in [0.15, 0.2) is 11.5 Å². The molecule has 8 nitrogen and oxygen atoms in total. The average molecular weight is 493 g/mol. The van der Waals surface area contributed by atoms with Crippen molar-refractivity contribution in [3.05, 3.63) is 58.7 Å². The second-order valence-corrected chi connectivity index (χ2v) is 9.47. The molecule has 2 aromatic carbocycles. The van der Waals surface area contributed by atoms with Crippen LogP contribution < -0.4 is 9.47 Å². The SMILES string of the molecule is COc1cc2c(cc1OC)C1CC(OC(C)=O)CCC1N=C2c1ccc(C(=O)N2CCOCC2)cc1. The van der Waals surface area contributed by atoms with Crippen LogP contribution in [0.25, 0.3) is 0 Å². The Morgan fingerprint density at radius 2 is 1.69 bits per heavy atom. The van der Waals surface area contributed by atoms with Gasteiger partial charge in [-0.1, -0.05) is 12.1 Å². The minimum atomic E-state index is -0.252. The van der Waals surface area contributed by atoms with Crippen LogP contribution >= 0.6 is 0 Å². The van der Waals surface area contributed by atoms with Crippen molar-refractivity contribution in [2.24, 2.45) is 4.99 Å². The first-order chi connectivity index (χ1) is 17.5. The molecule has 8 heteroatoms. The number of morpholine rings is 1. The fourth-order valence-corrected chi connectivity index (χ4v) is 5.54. The Morgan fingerprint density at radius 1 is 1.00 bits per heavy atom. The molecule has 36 heavy (non-hydrogen) atoms. The number of benzene rings is 2. The van der Waals surface area contributed by atoms with E-state index in [-0.39, 0.29) is 29.9 Å². The molecule has 0 aromatic heterocycles. The third kappa shape index (κ3) is 4.69. The fourth-order valence-electron chi connectivity index (χ4n) is 5.54. The highest BCUT2D eigenvalue weighted by molar-refractivity contribution is 6.15. The molecule has 1 aliphatic carbocycles. The summed E-state index contributed by atoms with van der Waals surface area (Å²) in [5.74, 6) is 1.18. The normalized spacial score (nSPS) is 23.1. The zero-order valence-corrected chi connectivity index (χ0v) is 21.0. The summed E-state index contributed by atoms with van der Waals surface area (Å²) in [6.45, 7) is 3.82. The molecule has 3 aliphatic rings. The summed E-state index contributed by atoms with van der Waals surface area (Å²) >= 11 is 0. The molecule has 190 valence electrons. The third-order valence-electron chi connectivity index (χ3n) is 7.31. The maximum atomic E-state index is 12.9. The monoisotopic (exact) mass is 492 g/mol. The zero-order valence-electron chi connectivity index (χ0n) is 21.0. The van der Waals surface area contributed by atoms with Crippen molar-refractivity contribution >= 4 is 17.6 Å². The molecule has 5 rings (SSSR count). The summed E-state index contributed by atoms with van der Waals surface area (Å²) in [5, 5.41) is 0. The summed E-state index contributed by atoms with van der Waals surface area (Å²) in [5.41, 5.74) is 4.58. The molecule has 2 aromatic rings. The second kappa shape index (κ2) is 10.3. The van der Waals surface area contributed by atoms with E-state index in [0.717, 1.165) is 41.7 Å². The average Bonchev–Trinajstić information content (AvgIpc) is 2.91. The molecule has 0 spiro atoms. The van der Waals surface area contributed by atoms with Crippen LogP contribution in [0.15, 0.2) is 41.4 Å². The molecule has 0 radical (unpaired) electrons. The van der Waals surface area contributed by atoms with Crippen molar-refractivity contribution in [3.8, 4) is 11.5 Å². The van der Waals surface area contributed by atoms with Crippen molar-refractivity contribution in [1.82, 2.24) is 4.90 Å². The van der Waals surface area contributed by atoms with Gasteiger partial charge in [-0.2, -0.15) is 0 Å². The van der Waals surface area contributed by atoms with Crippen LogP contribution in [0.4, 0.5) is 0 Å². The van der Waals surface area contributed by atoms with Gasteiger partial charge < -0.3 is 23.8 Å². The molecule has 2 fully saturated rings. The summed E-state index contributed by atoms with van der Waals surface area (Å²) in [6.07, 6.45) is 2.21. The molecule has 1 saturated heterocycles. The highest BCUT2D eigenvalue weighted by atomic mass is 16.5. The number of esters is 1. The Morgan fingerprint density at radius 3 is 2.36 bits per heavy atom. The van der Waals surface area contributed by atoms with Gasteiger partial charge >= 0.3 is 5.97 Å². The van der Waals surface area contributed by atoms with Gasteiger partial charge in [-0.05, 0) is 49.1 Å². The first-order valence-electron chi connectivity index (χ1n) is 12.5. The van der Waals surface area contributed by atoms with Gasteiger partial charge in [-0.15, -0.1) is 0 Å². The van der Waals surface area contributed by atoms with E-state index < -0.39 is 0 Å². The van der Waals surface area contributed by atoms with Crippen LogP contribution in [0.3, 0.4) is 0 Å². The lowest BCUT2D eigenvalue weighted by atomic mass is 9.74. The topological polar surface area (TPSA) is 86.7 Å². The number of hydrogen-bond acceptors (Lipinski definition) is 7. The van der Waals surface area contributed by atoms with Crippen LogP contribution in [-0.2, 0) is 14.3 Å². The van der Waals surface area contributed by atoms with Crippen LogP contribution in [0, 0.1) is 0 Å². The number of amides is 1. The van der Waals surface area contributed by atoms with E-state index in [1.807, 2.05) is 41.3 Å². The minimum absolute atomic E-state index is 0.0195. The Hall–Kier alpha value is -3.39. The van der Waals surface area contributed by atoms with E-state index >= 15 is 0 Å². The number of fused-ring (bicyclic) bond motifs is 3. The number of rotatable bonds is 5. The van der Waals surface area contributed by atoms with Gasteiger partial charge in [0.25, 0.3) is 5.91 Å². The summed E-state index contributed by atoms with van der Waals surface area (Å²) in [7, 11) is 3.25. The Kier molecular flexibility index (Phi) is 6.96. The molecule has 1 saturated carbocycles. The Bertz CT molecular complexity index is 1170. The van der Waals surface area contributed by atoms with Crippen LogP contribution in [0.5, 0.6) is 11.5 Å². The standard InChI is InChI=1S/C28H32N2O6/c1-17(31)36-20-8-9-24-22(14-20)21-15-25(33-2)26(34-3)16-23(21)27(29-24)18-4-6-19(7-5-18)28(32)30-10-12-35-13-11-30/h4-7,15-16,20,22,24H,8-14H2,1-3H3. The van der Waals surface area contributed by atoms with Crippen molar-refractivity contribution < 1.29 is 28.5 Å². The van der Waals surface area contributed by atoms with Crippen LogP contribution in [-0.4, -0.2) is 75.2 Å². The van der Waals surface area contributed by atoms with Gasteiger partial charge in [0, 0.05) is 42.6 Å². The van der Waals surface area contributed by atoms with E-state index in [4.69, 9.17) is 23.9 Å². The minimum Gasteiger partial charge on any atom is -0.493 e. The lowest BCUT2D eigenvalue weighted by Crippen LogP contribution is -2.40. The maximum absolute atomic E-state index is 12.9. The van der Waals surface area contributed by atoms with Crippen molar-refractivity contribution in [3.63, 3.8) is 0 Å². The number of ether oxygens (including phenoxy) is 4. The molecule has 1 amide bonds. The second-order valence-electron chi connectivity index (χ2n) is 9.47. The predicted octanol–water partition coefficient (Wildman–Crippen LogP) is 3.60. The summed E-state index contributed by atoms with van der Waals surface area (Å²) in [6, 6.07) is 11.8. The highest BCUT2D eigenvalue weighted by Gasteiger charge is 2.38. The van der Waals surface area contributed by atoms with Crippen molar-refractivity contribution in [1.29, 1.82) is 0 Å². The van der Waals surface area contributed by atoms with Crippen LogP contribution in [0.2, 0.25) is 0 Å². The first kappa shape index (κ1) is 24.3. The van der Waals surface area contributed by atoms with E-state index in [1.165, 1.54) is 6.92 Å². The molecule has 3 unspecified atom stereocenters. The lowest BCUT2D eigenvalue weighted by Gasteiger charge is -2.38. The molecule has 0 N–H and O–H groups in total. The Balaban J connectivity index is 1.50. The van der Waals surface area contributed by atoms with Crippen LogP contribution in [0.1, 0.15) is 59.2 Å². The number of nitrogens with zero attached hydrogens (tertiary/aromatic N) is 2. The number of methoxy groups -OCH3 is 2. The largest absolute Gasteiger partial charge is 0.493 e. The van der Waals surface area contributed by atoms with E-state index in [9.17, 15) is 9.59 Å². The van der Waals surface area contributed by atoms with Gasteiger partial charge in [0.1, 0.15) is 6.10 Å². The molecule has 2 heterocycles. The lowest BCUT2D eigenvalue weighted by molar-refractivity contribution is -0.148. The van der Waals surface area contributed by atoms with Gasteiger partial charge in [-0.3, -0.25) is 14.6 Å². The first-order valence-corrected chi connectivity index (χ1v) is 12.5. The highest BCUT2D eigenvalue weighted by Crippen LogP contribution is 2.45. The molecular formula is C28H32N2O6. The zero-order chi connectivity index (χ0) is 25.2. The quantitative estimate of drug-likeness (QED) is 0.593. The van der Waals surface area contributed by atoms with Crippen molar-refractivity contribution in [2.45, 2.75) is 44.2 Å². The molecular weight excluding hydrogens is 460 g/mol. The fraction of sp³-hybridized carbons (Fsp3) is 0.464. The number of carbonyl (C=O) groups excluding carboxylic acids is 2.